The van der Waals surface area contributed by atoms with Crippen molar-refractivity contribution in [3.05, 3.63) is 89.9 Å². The van der Waals surface area contributed by atoms with Crippen LogP contribution in [-0.2, 0) is 16.2 Å². The average molecular weight is 682 g/mol. The van der Waals surface area contributed by atoms with Crippen molar-refractivity contribution in [1.29, 1.82) is 0 Å². The van der Waals surface area contributed by atoms with Crippen LogP contribution in [0.3, 0.4) is 0 Å². The highest BCUT2D eigenvalue weighted by Crippen LogP contribution is 2.36. The van der Waals surface area contributed by atoms with Crippen LogP contribution in [0.2, 0.25) is 5.02 Å². The number of amides is 4. The van der Waals surface area contributed by atoms with Gasteiger partial charge >= 0.3 is 6.03 Å². The molecule has 0 aliphatic carbocycles. The van der Waals surface area contributed by atoms with Crippen LogP contribution in [-0.4, -0.2) is 25.0 Å². The Balaban J connectivity index is 1.66. The van der Waals surface area contributed by atoms with E-state index in [-0.39, 0.29) is 11.3 Å². The molecular weight excluding hydrogens is 663 g/mol. The summed E-state index contributed by atoms with van der Waals surface area (Å²) in [7, 11) is 1.51. The number of nitrogens with zero attached hydrogens (tertiary/aromatic N) is 1. The number of hydrogen-bond acceptors (Lipinski definition) is 5. The number of urea groups is 1. The summed E-state index contributed by atoms with van der Waals surface area (Å²) in [4.78, 5) is 39.2. The lowest BCUT2D eigenvalue weighted by Crippen LogP contribution is -2.54. The van der Waals surface area contributed by atoms with Crippen molar-refractivity contribution in [1.82, 2.24) is 5.32 Å². The molecule has 1 fully saturated rings. The molecule has 3 aromatic rings. The zero-order valence-electron chi connectivity index (χ0n) is 19.1. The summed E-state index contributed by atoms with van der Waals surface area (Å²) in [5.74, 6) is -0.584. The summed E-state index contributed by atoms with van der Waals surface area (Å²) < 4.78 is 13.2. The molecule has 0 atom stereocenters. The number of halogens is 3. The molecule has 0 spiro atoms. The number of ether oxygens (including phenoxy) is 2. The molecule has 0 aromatic heterocycles. The van der Waals surface area contributed by atoms with Crippen molar-refractivity contribution in [2.24, 2.45) is 0 Å². The largest absolute Gasteiger partial charge is 0.493 e. The predicted molar refractivity (Wildman–Crippen MR) is 149 cm³/mol. The van der Waals surface area contributed by atoms with Crippen LogP contribution in [0.4, 0.5) is 10.5 Å². The highest BCUT2D eigenvalue weighted by Gasteiger charge is 2.37. The van der Waals surface area contributed by atoms with Crippen molar-refractivity contribution in [2.75, 3.05) is 12.0 Å². The van der Waals surface area contributed by atoms with Gasteiger partial charge in [0.2, 0.25) is 0 Å². The summed E-state index contributed by atoms with van der Waals surface area (Å²) in [6, 6.07) is 15.1. The van der Waals surface area contributed by atoms with Crippen molar-refractivity contribution in [3.63, 3.8) is 0 Å². The highest BCUT2D eigenvalue weighted by molar-refractivity contribution is 14.1. The van der Waals surface area contributed by atoms with Crippen molar-refractivity contribution >= 4 is 79.7 Å². The van der Waals surface area contributed by atoms with Crippen LogP contribution in [0.5, 0.6) is 11.5 Å². The number of nitrogens with one attached hydrogen (secondary N) is 1. The Morgan fingerprint density at radius 3 is 2.56 bits per heavy atom. The number of anilines is 1. The van der Waals surface area contributed by atoms with Gasteiger partial charge < -0.3 is 9.47 Å². The van der Waals surface area contributed by atoms with E-state index in [2.05, 4.69) is 43.8 Å². The number of methoxy groups -OCH3 is 1. The number of aryl methyl sites for hydroxylation is 1. The fourth-order valence-corrected chi connectivity index (χ4v) is 4.86. The number of carbonyl (C=O) groups excluding carboxylic acids is 3. The first-order valence-electron chi connectivity index (χ1n) is 10.6. The minimum Gasteiger partial charge on any atom is -0.493 e. The molecule has 4 rings (SSSR count). The summed E-state index contributed by atoms with van der Waals surface area (Å²) in [6.07, 6.45) is 1.41. The minimum absolute atomic E-state index is 0.203. The van der Waals surface area contributed by atoms with Gasteiger partial charge in [0.15, 0.2) is 11.5 Å². The van der Waals surface area contributed by atoms with Gasteiger partial charge in [0.05, 0.1) is 16.4 Å². The number of rotatable bonds is 6. The minimum atomic E-state index is -0.843. The first-order valence-corrected chi connectivity index (χ1v) is 12.9. The standard InChI is InChI=1S/C26H19BrClIN2O5/c1-14-7-8-17(12-20(14)28)31-25(33)18(24(32)30-26(31)34)9-15-10-21(29)23(22(11-15)35-2)36-13-16-5-3-4-6-19(16)27/h3-12H,13H2,1-2H3,(H,30,32,34)/b18-9+. The lowest BCUT2D eigenvalue weighted by Gasteiger charge is -2.26. The molecule has 10 heteroatoms. The topological polar surface area (TPSA) is 84.9 Å². The SMILES string of the molecule is COc1cc(/C=C2\C(=O)NC(=O)N(c3ccc(C)c(Cl)c3)C2=O)cc(I)c1OCc1ccccc1Br. The molecule has 1 N–H and O–H groups in total. The van der Waals surface area contributed by atoms with E-state index in [1.165, 1.54) is 19.3 Å². The quantitative estimate of drug-likeness (QED) is 0.189. The van der Waals surface area contributed by atoms with Crippen molar-refractivity contribution < 1.29 is 23.9 Å². The number of hydrogen-bond donors (Lipinski definition) is 1. The molecule has 4 amide bonds. The van der Waals surface area contributed by atoms with E-state index in [0.29, 0.717) is 32.3 Å². The molecule has 36 heavy (non-hydrogen) atoms. The molecule has 1 aliphatic rings. The van der Waals surface area contributed by atoms with Crippen LogP contribution < -0.4 is 19.7 Å². The maximum Gasteiger partial charge on any atom is 0.335 e. The van der Waals surface area contributed by atoms with E-state index in [1.807, 2.05) is 24.3 Å². The molecule has 0 saturated carbocycles. The van der Waals surface area contributed by atoms with Crippen LogP contribution in [0.25, 0.3) is 6.08 Å². The zero-order valence-corrected chi connectivity index (χ0v) is 23.6. The van der Waals surface area contributed by atoms with Crippen LogP contribution >= 0.6 is 50.1 Å². The van der Waals surface area contributed by atoms with E-state index in [0.717, 1.165) is 20.5 Å². The lowest BCUT2D eigenvalue weighted by atomic mass is 10.1. The normalized spacial score (nSPS) is 14.8. The van der Waals surface area contributed by atoms with E-state index in [4.69, 9.17) is 21.1 Å². The Morgan fingerprint density at radius 1 is 1.11 bits per heavy atom. The van der Waals surface area contributed by atoms with Gasteiger partial charge in [-0.3, -0.25) is 14.9 Å². The third-order valence-corrected chi connectivity index (χ3v) is 7.39. The smallest absolute Gasteiger partial charge is 0.335 e. The maximum atomic E-state index is 13.2. The molecule has 0 unspecified atom stereocenters. The Morgan fingerprint density at radius 2 is 1.86 bits per heavy atom. The average Bonchev–Trinajstić information content (AvgIpc) is 2.83. The fraction of sp³-hybridized carbons (Fsp3) is 0.115. The second kappa shape index (κ2) is 11.0. The van der Waals surface area contributed by atoms with Crippen molar-refractivity contribution in [3.8, 4) is 11.5 Å². The monoisotopic (exact) mass is 680 g/mol. The van der Waals surface area contributed by atoms with Crippen LogP contribution in [0, 0.1) is 10.5 Å². The van der Waals surface area contributed by atoms with E-state index in [9.17, 15) is 14.4 Å². The van der Waals surface area contributed by atoms with E-state index >= 15 is 0 Å². The van der Waals surface area contributed by atoms with Gasteiger partial charge in [-0.15, -0.1) is 0 Å². The number of imide groups is 2. The second-order valence-corrected chi connectivity index (χ2v) is 10.2. The molecule has 7 nitrogen and oxygen atoms in total. The van der Waals surface area contributed by atoms with Gasteiger partial charge in [0, 0.05) is 15.1 Å². The summed E-state index contributed by atoms with van der Waals surface area (Å²) >= 11 is 11.8. The summed E-state index contributed by atoms with van der Waals surface area (Å²) in [6.45, 7) is 2.12. The van der Waals surface area contributed by atoms with Gasteiger partial charge in [0.1, 0.15) is 12.2 Å². The molecule has 1 heterocycles. The fourth-order valence-electron chi connectivity index (χ4n) is 3.51. The number of barbiturate groups is 1. The lowest BCUT2D eigenvalue weighted by molar-refractivity contribution is -0.122. The number of benzene rings is 3. The summed E-state index contributed by atoms with van der Waals surface area (Å²) in [5, 5.41) is 2.61. The van der Waals surface area contributed by atoms with Gasteiger partial charge in [-0.2, -0.15) is 0 Å². The van der Waals surface area contributed by atoms with E-state index in [1.54, 1.807) is 31.2 Å². The van der Waals surface area contributed by atoms with Crippen LogP contribution in [0.1, 0.15) is 16.7 Å². The number of carbonyl (C=O) groups is 3. The van der Waals surface area contributed by atoms with Gasteiger partial charge in [-0.05, 0) is 77.0 Å². The molecule has 184 valence electrons. The molecule has 0 radical (unpaired) electrons. The second-order valence-electron chi connectivity index (χ2n) is 7.81. The van der Waals surface area contributed by atoms with E-state index < -0.39 is 17.8 Å². The molecule has 0 bridgehead atoms. The Hall–Kier alpha value is -2.89. The maximum absolute atomic E-state index is 13.2. The van der Waals surface area contributed by atoms with Gasteiger partial charge in [-0.1, -0.05) is 51.8 Å². The highest BCUT2D eigenvalue weighted by atomic mass is 127. The Kier molecular flexibility index (Phi) is 8.01. The van der Waals surface area contributed by atoms with Gasteiger partial charge in [-0.25, -0.2) is 9.69 Å². The summed E-state index contributed by atoms with van der Waals surface area (Å²) in [5.41, 5.74) is 2.34. The predicted octanol–water partition coefficient (Wildman–Crippen LogP) is 6.27. The molecule has 1 aliphatic heterocycles. The molecule has 1 saturated heterocycles. The molecular formula is C26H19BrClIN2O5. The Labute approximate surface area is 234 Å². The zero-order chi connectivity index (χ0) is 26.0. The molecule has 3 aromatic carbocycles. The van der Waals surface area contributed by atoms with Gasteiger partial charge in [0.25, 0.3) is 11.8 Å². The first kappa shape index (κ1) is 26.2. The van der Waals surface area contributed by atoms with Crippen LogP contribution in [0.15, 0.2) is 64.6 Å². The first-order chi connectivity index (χ1) is 17.2. The third kappa shape index (κ3) is 5.42. The Bertz CT molecular complexity index is 1430. The van der Waals surface area contributed by atoms with Crippen molar-refractivity contribution in [2.45, 2.75) is 13.5 Å². The third-order valence-electron chi connectivity index (χ3n) is 5.41.